The van der Waals surface area contributed by atoms with Crippen LogP contribution < -0.4 is 4.31 Å². The van der Waals surface area contributed by atoms with E-state index in [1.54, 1.807) is 34.8 Å². The van der Waals surface area contributed by atoms with E-state index >= 15 is 0 Å². The quantitative estimate of drug-likeness (QED) is 0.746. The van der Waals surface area contributed by atoms with E-state index in [0.717, 1.165) is 11.3 Å². The van der Waals surface area contributed by atoms with E-state index in [1.165, 1.54) is 6.08 Å². The third-order valence-electron chi connectivity index (χ3n) is 4.57. The van der Waals surface area contributed by atoms with Crippen molar-refractivity contribution < 1.29 is 22.1 Å². The molecule has 6 nitrogen and oxygen atoms in total. The largest absolute Gasteiger partial charge is 0.486 e. The molecule has 0 spiro atoms. The van der Waals surface area contributed by atoms with Gasteiger partial charge in [-0.3, -0.25) is 4.31 Å². The monoisotopic (exact) mass is 423 g/mol. The lowest BCUT2D eigenvalue weighted by atomic mass is 10.2. The van der Waals surface area contributed by atoms with Crippen LogP contribution in [-0.2, 0) is 36.7 Å². The molecule has 0 aromatic heterocycles. The van der Waals surface area contributed by atoms with Gasteiger partial charge in [0.25, 0.3) is 0 Å². The van der Waals surface area contributed by atoms with Crippen molar-refractivity contribution in [1.29, 1.82) is 0 Å². The lowest BCUT2D eigenvalue weighted by Gasteiger charge is -2.20. The van der Waals surface area contributed by atoms with Gasteiger partial charge in [-0.15, -0.1) is 0 Å². The minimum Gasteiger partial charge on any atom is -0.486 e. The standard InChI is InChI=1S/C18H19NO5S2.C2H6/c1-25(20)19-8-7-13-11-15(5-6-16(13)19)26(21,22)14-3-2-4-17-18(12-14)24-10-9-23-17;1-2/h3-6,11-12H,2,7-10H2,1H3;1-2H3. The zero-order valence-corrected chi connectivity index (χ0v) is 17.9. The topological polar surface area (TPSA) is 72.9 Å². The highest BCUT2D eigenvalue weighted by Crippen LogP contribution is 2.34. The molecule has 1 atom stereocenters. The molecule has 28 heavy (non-hydrogen) atoms. The van der Waals surface area contributed by atoms with Crippen LogP contribution in [0.25, 0.3) is 0 Å². The molecular formula is C20H25NO5S2. The van der Waals surface area contributed by atoms with Crippen molar-refractivity contribution in [3.63, 3.8) is 0 Å². The van der Waals surface area contributed by atoms with Crippen molar-refractivity contribution in [2.45, 2.75) is 31.6 Å². The van der Waals surface area contributed by atoms with Crippen LogP contribution in [0.3, 0.4) is 0 Å². The number of hydrogen-bond acceptors (Lipinski definition) is 5. The van der Waals surface area contributed by atoms with Gasteiger partial charge in [0.05, 0.1) is 15.5 Å². The van der Waals surface area contributed by atoms with Gasteiger partial charge in [0.15, 0.2) is 11.5 Å². The first-order valence-corrected chi connectivity index (χ1v) is 12.3. The Kier molecular flexibility index (Phi) is 6.30. The predicted molar refractivity (Wildman–Crippen MR) is 111 cm³/mol. The van der Waals surface area contributed by atoms with Crippen molar-refractivity contribution in [1.82, 2.24) is 0 Å². The molecule has 1 fully saturated rings. The minimum atomic E-state index is -3.67. The molecule has 0 amide bonds. The van der Waals surface area contributed by atoms with Gasteiger partial charge in [-0.25, -0.2) is 12.6 Å². The van der Waals surface area contributed by atoms with Crippen LogP contribution in [-0.4, -0.2) is 38.6 Å². The molecule has 0 bridgehead atoms. The van der Waals surface area contributed by atoms with Crippen LogP contribution in [0.5, 0.6) is 0 Å². The van der Waals surface area contributed by atoms with Gasteiger partial charge in [0.1, 0.15) is 24.2 Å². The van der Waals surface area contributed by atoms with E-state index in [0.29, 0.717) is 44.1 Å². The molecule has 2 aliphatic heterocycles. The molecule has 1 saturated heterocycles. The summed E-state index contributed by atoms with van der Waals surface area (Å²) in [6.45, 7) is 5.50. The summed E-state index contributed by atoms with van der Waals surface area (Å²) in [5.74, 6) is 1.05. The SMILES string of the molecule is CC.CS(=O)N1CCc2cc(S(=O)(=O)C3=CCC=C4OCCOC4=C3)ccc21. The van der Waals surface area contributed by atoms with E-state index in [9.17, 15) is 12.6 Å². The number of benzene rings is 1. The summed E-state index contributed by atoms with van der Waals surface area (Å²) < 4.78 is 50.9. The number of nitrogens with zero attached hydrogens (tertiary/aromatic N) is 1. The average Bonchev–Trinajstić information content (AvgIpc) is 3.00. The summed E-state index contributed by atoms with van der Waals surface area (Å²) >= 11 is 0. The molecule has 1 aromatic carbocycles. The van der Waals surface area contributed by atoms with Gasteiger partial charge in [-0.2, -0.15) is 0 Å². The van der Waals surface area contributed by atoms with Gasteiger partial charge < -0.3 is 9.47 Å². The van der Waals surface area contributed by atoms with Gasteiger partial charge in [-0.05, 0) is 42.7 Å². The zero-order valence-electron chi connectivity index (χ0n) is 16.3. The highest BCUT2D eigenvalue weighted by Gasteiger charge is 2.27. The molecule has 1 unspecified atom stereocenters. The maximum Gasteiger partial charge on any atom is 0.206 e. The van der Waals surface area contributed by atoms with Crippen LogP contribution in [0, 0.1) is 0 Å². The lowest BCUT2D eigenvalue weighted by Crippen LogP contribution is -2.21. The Hall–Kier alpha value is -2.06. The van der Waals surface area contributed by atoms with Gasteiger partial charge in [0, 0.05) is 18.9 Å². The third kappa shape index (κ3) is 3.89. The van der Waals surface area contributed by atoms with Crippen LogP contribution in [0.15, 0.2) is 57.7 Å². The van der Waals surface area contributed by atoms with Crippen molar-refractivity contribution >= 4 is 26.5 Å². The fourth-order valence-corrected chi connectivity index (χ4v) is 5.49. The second-order valence-corrected chi connectivity index (χ2v) is 9.42. The number of sulfone groups is 1. The maximum atomic E-state index is 13.1. The van der Waals surface area contributed by atoms with Gasteiger partial charge in [0.2, 0.25) is 9.84 Å². The van der Waals surface area contributed by atoms with Crippen molar-refractivity contribution in [3.8, 4) is 0 Å². The molecule has 4 rings (SSSR count). The molecule has 1 aromatic rings. The predicted octanol–water partition coefficient (Wildman–Crippen LogP) is 3.24. The molecule has 8 heteroatoms. The Balaban J connectivity index is 0.00000109. The molecule has 3 aliphatic rings. The molecule has 0 N–H and O–H groups in total. The van der Waals surface area contributed by atoms with Crippen LogP contribution in [0.2, 0.25) is 0 Å². The lowest BCUT2D eigenvalue weighted by molar-refractivity contribution is 0.0593. The highest BCUT2D eigenvalue weighted by molar-refractivity contribution is 7.95. The zero-order chi connectivity index (χ0) is 20.3. The van der Waals surface area contributed by atoms with Gasteiger partial charge in [-0.1, -0.05) is 19.9 Å². The summed E-state index contributed by atoms with van der Waals surface area (Å²) in [4.78, 5) is 0.446. The van der Waals surface area contributed by atoms with Crippen LogP contribution >= 0.6 is 0 Å². The van der Waals surface area contributed by atoms with Gasteiger partial charge >= 0.3 is 0 Å². The Labute approximate surface area is 169 Å². The van der Waals surface area contributed by atoms with E-state index in [4.69, 9.17) is 9.47 Å². The first-order valence-electron chi connectivity index (χ1n) is 9.34. The number of hydrogen-bond donors (Lipinski definition) is 0. The molecular weight excluding hydrogens is 398 g/mol. The third-order valence-corrected chi connectivity index (χ3v) is 7.35. The van der Waals surface area contributed by atoms with Crippen molar-refractivity contribution in [3.05, 3.63) is 58.4 Å². The summed E-state index contributed by atoms with van der Waals surface area (Å²) in [5, 5.41) is 0. The smallest absolute Gasteiger partial charge is 0.206 e. The average molecular weight is 424 g/mol. The normalized spacial score (nSPS) is 19.2. The number of anilines is 1. The fraction of sp³-hybridized carbons (Fsp3) is 0.400. The number of ether oxygens (including phenoxy) is 2. The molecule has 0 radical (unpaired) electrons. The number of allylic oxidation sites excluding steroid dienone is 3. The van der Waals surface area contributed by atoms with E-state index in [2.05, 4.69) is 0 Å². The van der Waals surface area contributed by atoms with Crippen molar-refractivity contribution in [2.24, 2.45) is 0 Å². The van der Waals surface area contributed by atoms with Crippen LogP contribution in [0.4, 0.5) is 5.69 Å². The van der Waals surface area contributed by atoms with E-state index in [1.807, 2.05) is 19.9 Å². The molecule has 2 heterocycles. The highest BCUT2D eigenvalue weighted by atomic mass is 32.2. The van der Waals surface area contributed by atoms with E-state index in [-0.39, 0.29) is 9.80 Å². The molecule has 1 aliphatic carbocycles. The maximum absolute atomic E-state index is 13.1. The number of rotatable bonds is 3. The Morgan fingerprint density at radius 3 is 2.50 bits per heavy atom. The first-order chi connectivity index (χ1) is 13.5. The second kappa shape index (κ2) is 8.53. The van der Waals surface area contributed by atoms with Crippen molar-refractivity contribution in [2.75, 3.05) is 30.3 Å². The Morgan fingerprint density at radius 1 is 1.07 bits per heavy atom. The summed E-state index contributed by atoms with van der Waals surface area (Å²) in [5.41, 5.74) is 1.74. The Morgan fingerprint density at radius 2 is 1.79 bits per heavy atom. The van der Waals surface area contributed by atoms with Crippen LogP contribution in [0.1, 0.15) is 25.8 Å². The Bertz CT molecular complexity index is 976. The number of fused-ring (bicyclic) bond motifs is 2. The fourth-order valence-electron chi connectivity index (χ4n) is 3.29. The molecule has 0 saturated carbocycles. The van der Waals surface area contributed by atoms with E-state index < -0.39 is 20.8 Å². The molecule has 152 valence electrons. The second-order valence-electron chi connectivity index (χ2n) is 6.19. The summed E-state index contributed by atoms with van der Waals surface area (Å²) in [6, 6.07) is 5.01. The minimum absolute atomic E-state index is 0.207. The summed E-state index contributed by atoms with van der Waals surface area (Å²) in [7, 11) is -4.79. The summed E-state index contributed by atoms with van der Waals surface area (Å²) in [6.07, 6.45) is 7.79. The first kappa shape index (κ1) is 20.7.